The van der Waals surface area contributed by atoms with Crippen molar-refractivity contribution in [3.8, 4) is 5.75 Å². The van der Waals surface area contributed by atoms with Gasteiger partial charge in [-0.1, -0.05) is 29.3 Å². The van der Waals surface area contributed by atoms with E-state index < -0.39 is 0 Å². The van der Waals surface area contributed by atoms with E-state index in [4.69, 9.17) is 27.9 Å². The van der Waals surface area contributed by atoms with Crippen molar-refractivity contribution in [1.82, 2.24) is 4.90 Å². The molecule has 132 valence electrons. The van der Waals surface area contributed by atoms with Gasteiger partial charge in [0.25, 0.3) is 5.91 Å². The molecule has 2 aromatic rings. The molecule has 0 aromatic heterocycles. The van der Waals surface area contributed by atoms with Crippen molar-refractivity contribution in [3.63, 3.8) is 0 Å². The third-order valence-corrected chi connectivity index (χ3v) is 4.78. The normalized spacial score (nSPS) is 14.1. The molecule has 0 bridgehead atoms. The van der Waals surface area contributed by atoms with Gasteiger partial charge in [0.05, 0.1) is 16.7 Å². The first-order valence-corrected chi connectivity index (χ1v) is 8.97. The molecular weight excluding hydrogens is 359 g/mol. The van der Waals surface area contributed by atoms with Gasteiger partial charge in [0.15, 0.2) is 5.75 Å². The van der Waals surface area contributed by atoms with E-state index in [0.29, 0.717) is 28.0 Å². The molecule has 0 aliphatic carbocycles. The van der Waals surface area contributed by atoms with E-state index in [1.807, 2.05) is 19.1 Å². The summed E-state index contributed by atoms with van der Waals surface area (Å²) in [6, 6.07) is 9.18. The summed E-state index contributed by atoms with van der Waals surface area (Å²) in [6.45, 7) is 4.25. The van der Waals surface area contributed by atoms with Crippen LogP contribution in [0.1, 0.15) is 28.4 Å². The van der Waals surface area contributed by atoms with Crippen LogP contribution in [-0.2, 0) is 13.0 Å². The fourth-order valence-electron chi connectivity index (χ4n) is 2.95. The number of nitrogens with one attached hydrogen (secondary N) is 1. The zero-order chi connectivity index (χ0) is 18.0. The second kappa shape index (κ2) is 7.65. The maximum absolute atomic E-state index is 12.5. The Morgan fingerprint density at radius 2 is 1.92 bits per heavy atom. The molecule has 25 heavy (non-hydrogen) atoms. The largest absolute Gasteiger partial charge is 0.491 e. The van der Waals surface area contributed by atoms with Crippen LogP contribution in [0, 0.1) is 0 Å². The van der Waals surface area contributed by atoms with Gasteiger partial charge in [-0.2, -0.15) is 0 Å². The molecule has 0 saturated heterocycles. The topological polar surface area (TPSA) is 41.6 Å². The number of amides is 1. The molecule has 2 aromatic carbocycles. The first kappa shape index (κ1) is 18.1. The molecule has 3 rings (SSSR count). The van der Waals surface area contributed by atoms with Crippen molar-refractivity contribution in [2.45, 2.75) is 19.9 Å². The Kier molecular flexibility index (Phi) is 5.52. The fraction of sp³-hybridized carbons (Fsp3) is 0.316. The van der Waals surface area contributed by atoms with Gasteiger partial charge in [0.2, 0.25) is 0 Å². The summed E-state index contributed by atoms with van der Waals surface area (Å²) in [5, 5.41) is 3.56. The number of fused-ring (bicyclic) bond motifs is 1. The van der Waals surface area contributed by atoms with Gasteiger partial charge >= 0.3 is 0 Å². The van der Waals surface area contributed by atoms with Gasteiger partial charge in [-0.25, -0.2) is 0 Å². The van der Waals surface area contributed by atoms with Crippen LogP contribution in [0.2, 0.25) is 10.0 Å². The average molecular weight is 379 g/mol. The lowest BCUT2D eigenvalue weighted by Gasteiger charge is -2.25. The zero-order valence-electron chi connectivity index (χ0n) is 14.2. The molecule has 1 aliphatic heterocycles. The molecular formula is C19H20Cl2N2O2. The van der Waals surface area contributed by atoms with Crippen molar-refractivity contribution in [2.24, 2.45) is 0 Å². The maximum atomic E-state index is 12.5. The third-order valence-electron chi connectivity index (χ3n) is 4.22. The summed E-state index contributed by atoms with van der Waals surface area (Å²) in [7, 11) is 2.10. The van der Waals surface area contributed by atoms with Crippen LogP contribution < -0.4 is 10.1 Å². The Labute approximate surface area is 157 Å². The summed E-state index contributed by atoms with van der Waals surface area (Å²) >= 11 is 12.4. The van der Waals surface area contributed by atoms with Gasteiger partial charge in [0.1, 0.15) is 0 Å². The number of carbonyl (C=O) groups excluding carboxylic acids is 1. The monoisotopic (exact) mass is 378 g/mol. The van der Waals surface area contributed by atoms with Crippen LogP contribution in [0.5, 0.6) is 5.75 Å². The smallest absolute Gasteiger partial charge is 0.255 e. The Morgan fingerprint density at radius 3 is 2.60 bits per heavy atom. The highest BCUT2D eigenvalue weighted by molar-refractivity contribution is 6.37. The Hall–Kier alpha value is -1.75. The van der Waals surface area contributed by atoms with E-state index in [1.54, 1.807) is 12.1 Å². The Morgan fingerprint density at radius 1 is 1.20 bits per heavy atom. The highest BCUT2D eigenvalue weighted by Gasteiger charge is 2.16. The number of ether oxygens (including phenoxy) is 1. The van der Waals surface area contributed by atoms with Crippen molar-refractivity contribution in [3.05, 3.63) is 57.1 Å². The second-order valence-corrected chi connectivity index (χ2v) is 6.94. The van der Waals surface area contributed by atoms with Gasteiger partial charge in [-0.3, -0.25) is 4.79 Å². The molecule has 4 nitrogen and oxygen atoms in total. The fourth-order valence-corrected chi connectivity index (χ4v) is 3.55. The molecule has 0 atom stereocenters. The highest BCUT2D eigenvalue weighted by Crippen LogP contribution is 2.34. The summed E-state index contributed by atoms with van der Waals surface area (Å²) in [5.74, 6) is 0.148. The number of anilines is 1. The lowest BCUT2D eigenvalue weighted by Crippen LogP contribution is -2.26. The number of nitrogens with zero attached hydrogens (tertiary/aromatic N) is 1. The molecule has 0 radical (unpaired) electrons. The SMILES string of the molecule is CCOc1c(Cl)cc(C(=O)Nc2ccc3c(c2)CN(C)CC3)cc1Cl. The Bertz CT molecular complexity index is 785. The van der Waals surface area contributed by atoms with E-state index in [0.717, 1.165) is 25.2 Å². The van der Waals surface area contributed by atoms with Crippen LogP contribution in [0.25, 0.3) is 0 Å². The predicted octanol–water partition coefficient (Wildman–Crippen LogP) is 4.63. The van der Waals surface area contributed by atoms with Crippen LogP contribution in [0.4, 0.5) is 5.69 Å². The molecule has 1 heterocycles. The van der Waals surface area contributed by atoms with Crippen LogP contribution >= 0.6 is 23.2 Å². The number of carbonyl (C=O) groups is 1. The van der Waals surface area contributed by atoms with E-state index >= 15 is 0 Å². The molecule has 0 fully saturated rings. The molecule has 1 N–H and O–H groups in total. The minimum Gasteiger partial charge on any atom is -0.491 e. The van der Waals surface area contributed by atoms with Gasteiger partial charge < -0.3 is 15.0 Å². The average Bonchev–Trinajstić information content (AvgIpc) is 2.57. The van der Waals surface area contributed by atoms with E-state index in [9.17, 15) is 4.79 Å². The minimum atomic E-state index is -0.254. The summed E-state index contributed by atoms with van der Waals surface area (Å²) in [6.07, 6.45) is 1.03. The number of rotatable bonds is 4. The van der Waals surface area contributed by atoms with E-state index in [1.165, 1.54) is 11.1 Å². The molecule has 0 spiro atoms. The van der Waals surface area contributed by atoms with Crippen molar-refractivity contribution >= 4 is 34.8 Å². The summed E-state index contributed by atoms with van der Waals surface area (Å²) in [5.41, 5.74) is 3.74. The first-order valence-electron chi connectivity index (χ1n) is 8.21. The zero-order valence-corrected chi connectivity index (χ0v) is 15.7. The van der Waals surface area contributed by atoms with Crippen LogP contribution in [-0.4, -0.2) is 31.0 Å². The third kappa shape index (κ3) is 4.09. The van der Waals surface area contributed by atoms with Gasteiger partial charge in [0, 0.05) is 24.3 Å². The van der Waals surface area contributed by atoms with E-state index in [-0.39, 0.29) is 5.91 Å². The van der Waals surface area contributed by atoms with Gasteiger partial charge in [-0.05, 0) is 55.8 Å². The number of halogens is 2. The first-order chi connectivity index (χ1) is 12.0. The molecule has 1 amide bonds. The van der Waals surface area contributed by atoms with E-state index in [2.05, 4.69) is 23.3 Å². The lowest BCUT2D eigenvalue weighted by molar-refractivity contribution is 0.102. The number of hydrogen-bond donors (Lipinski definition) is 1. The predicted molar refractivity (Wildman–Crippen MR) is 102 cm³/mol. The number of likely N-dealkylation sites (N-methyl/N-ethyl adjacent to an activating group) is 1. The standard InChI is InChI=1S/C19H20Cl2N2O2/c1-3-25-18-16(20)9-13(10-17(18)21)19(24)22-15-5-4-12-6-7-23(2)11-14(12)8-15/h4-5,8-10H,3,6-7,11H2,1-2H3,(H,22,24). The highest BCUT2D eigenvalue weighted by atomic mass is 35.5. The van der Waals surface area contributed by atoms with Crippen molar-refractivity contribution in [2.75, 3.05) is 25.5 Å². The quantitative estimate of drug-likeness (QED) is 0.842. The second-order valence-electron chi connectivity index (χ2n) is 6.13. The van der Waals surface area contributed by atoms with Gasteiger partial charge in [-0.15, -0.1) is 0 Å². The lowest BCUT2D eigenvalue weighted by atomic mass is 9.99. The van der Waals surface area contributed by atoms with Crippen molar-refractivity contribution in [1.29, 1.82) is 0 Å². The van der Waals surface area contributed by atoms with Crippen molar-refractivity contribution < 1.29 is 9.53 Å². The molecule has 0 unspecified atom stereocenters. The van der Waals surface area contributed by atoms with Crippen LogP contribution in [0.15, 0.2) is 30.3 Å². The summed E-state index contributed by atoms with van der Waals surface area (Å²) < 4.78 is 5.39. The summed E-state index contributed by atoms with van der Waals surface area (Å²) in [4.78, 5) is 14.8. The minimum absolute atomic E-state index is 0.254. The molecule has 0 saturated carbocycles. The number of benzene rings is 2. The number of hydrogen-bond acceptors (Lipinski definition) is 3. The maximum Gasteiger partial charge on any atom is 0.255 e. The van der Waals surface area contributed by atoms with Crippen LogP contribution in [0.3, 0.4) is 0 Å². The Balaban J connectivity index is 1.80. The molecule has 6 heteroatoms. The molecule has 1 aliphatic rings.